The number of ether oxygens (including phenoxy) is 2. The Bertz CT molecular complexity index is 364. The number of hydrogen-bond acceptors (Lipinski definition) is 3. The summed E-state index contributed by atoms with van der Waals surface area (Å²) in [6.45, 7) is 5.39. The number of nitrogens with one attached hydrogen (secondary N) is 1. The van der Waals surface area contributed by atoms with E-state index in [2.05, 4.69) is 34.2 Å². The molecule has 0 saturated carbocycles. The van der Waals surface area contributed by atoms with Gasteiger partial charge < -0.3 is 14.8 Å². The Kier molecular flexibility index (Phi) is 4.83. The largest absolute Gasteiger partial charge is 0.486 e. The van der Waals surface area contributed by atoms with Crippen molar-refractivity contribution in [3.05, 3.63) is 28.2 Å². The average Bonchev–Trinajstić information content (AvgIpc) is 2.83. The standard InChI is InChI=1S/C13H18BrNO2/c1-2-15-8-10-4-3-5-12(14)13(10)17-11-6-7-16-9-11/h3-5,11,15H,2,6-9H2,1H3. The van der Waals surface area contributed by atoms with Crippen LogP contribution in [-0.4, -0.2) is 25.9 Å². The summed E-state index contributed by atoms with van der Waals surface area (Å²) in [4.78, 5) is 0. The van der Waals surface area contributed by atoms with Gasteiger partial charge in [0.05, 0.1) is 17.7 Å². The van der Waals surface area contributed by atoms with Gasteiger partial charge in [-0.15, -0.1) is 0 Å². The molecular weight excluding hydrogens is 282 g/mol. The molecule has 1 aromatic rings. The lowest BCUT2D eigenvalue weighted by atomic mass is 10.2. The first-order chi connectivity index (χ1) is 8.31. The number of para-hydroxylation sites is 1. The topological polar surface area (TPSA) is 30.5 Å². The molecule has 1 aliphatic heterocycles. The Hall–Kier alpha value is -0.580. The monoisotopic (exact) mass is 299 g/mol. The van der Waals surface area contributed by atoms with Gasteiger partial charge in [-0.1, -0.05) is 19.1 Å². The summed E-state index contributed by atoms with van der Waals surface area (Å²) in [6.07, 6.45) is 1.16. The molecule has 0 radical (unpaired) electrons. The third kappa shape index (κ3) is 3.44. The predicted octanol–water partition coefficient (Wildman–Crippen LogP) is 2.73. The van der Waals surface area contributed by atoms with E-state index in [1.807, 2.05) is 12.1 Å². The van der Waals surface area contributed by atoms with Crippen LogP contribution in [0.4, 0.5) is 0 Å². The minimum absolute atomic E-state index is 0.189. The van der Waals surface area contributed by atoms with Crippen molar-refractivity contribution in [3.8, 4) is 5.75 Å². The number of hydrogen-bond donors (Lipinski definition) is 1. The summed E-state index contributed by atoms with van der Waals surface area (Å²) in [5, 5.41) is 3.32. The lowest BCUT2D eigenvalue weighted by Crippen LogP contribution is -2.19. The van der Waals surface area contributed by atoms with Crippen LogP contribution < -0.4 is 10.1 Å². The van der Waals surface area contributed by atoms with E-state index in [-0.39, 0.29) is 6.10 Å². The molecule has 0 aliphatic carbocycles. The van der Waals surface area contributed by atoms with Gasteiger partial charge in [-0.25, -0.2) is 0 Å². The molecule has 2 rings (SSSR count). The minimum atomic E-state index is 0.189. The first-order valence-electron chi connectivity index (χ1n) is 6.03. The first-order valence-corrected chi connectivity index (χ1v) is 6.83. The molecule has 3 nitrogen and oxygen atoms in total. The maximum Gasteiger partial charge on any atom is 0.138 e. The summed E-state index contributed by atoms with van der Waals surface area (Å²) < 4.78 is 12.4. The van der Waals surface area contributed by atoms with Crippen molar-refractivity contribution in [1.82, 2.24) is 5.32 Å². The van der Waals surface area contributed by atoms with Gasteiger partial charge in [-0.3, -0.25) is 0 Å². The molecule has 0 bridgehead atoms. The molecule has 1 aromatic carbocycles. The van der Waals surface area contributed by atoms with Crippen LogP contribution in [-0.2, 0) is 11.3 Å². The van der Waals surface area contributed by atoms with Crippen molar-refractivity contribution >= 4 is 15.9 Å². The Labute approximate surface area is 111 Å². The van der Waals surface area contributed by atoms with Crippen LogP contribution in [0, 0.1) is 0 Å². The van der Waals surface area contributed by atoms with E-state index in [4.69, 9.17) is 9.47 Å². The summed E-state index contributed by atoms with van der Waals surface area (Å²) in [5.74, 6) is 0.948. The van der Waals surface area contributed by atoms with Gasteiger partial charge in [0.1, 0.15) is 11.9 Å². The van der Waals surface area contributed by atoms with Gasteiger partial charge in [0.15, 0.2) is 0 Å². The van der Waals surface area contributed by atoms with E-state index in [0.717, 1.165) is 36.3 Å². The predicted molar refractivity (Wildman–Crippen MR) is 71.4 cm³/mol. The number of rotatable bonds is 5. The molecule has 1 saturated heterocycles. The zero-order valence-electron chi connectivity index (χ0n) is 10.0. The quantitative estimate of drug-likeness (QED) is 0.907. The lowest BCUT2D eigenvalue weighted by molar-refractivity contribution is 0.140. The maximum atomic E-state index is 6.02. The summed E-state index contributed by atoms with van der Waals surface area (Å²) in [5.41, 5.74) is 1.19. The van der Waals surface area contributed by atoms with Gasteiger partial charge in [-0.2, -0.15) is 0 Å². The van der Waals surface area contributed by atoms with E-state index in [1.165, 1.54) is 5.56 Å². The Morgan fingerprint density at radius 1 is 1.53 bits per heavy atom. The summed E-state index contributed by atoms with van der Waals surface area (Å²) >= 11 is 3.55. The van der Waals surface area contributed by atoms with E-state index in [9.17, 15) is 0 Å². The van der Waals surface area contributed by atoms with Crippen molar-refractivity contribution < 1.29 is 9.47 Å². The molecule has 0 aromatic heterocycles. The highest BCUT2D eigenvalue weighted by molar-refractivity contribution is 9.10. The van der Waals surface area contributed by atoms with E-state index >= 15 is 0 Å². The van der Waals surface area contributed by atoms with Gasteiger partial charge >= 0.3 is 0 Å². The van der Waals surface area contributed by atoms with E-state index in [1.54, 1.807) is 0 Å². The fraction of sp³-hybridized carbons (Fsp3) is 0.538. The van der Waals surface area contributed by atoms with Crippen molar-refractivity contribution in [2.75, 3.05) is 19.8 Å². The Balaban J connectivity index is 2.11. The van der Waals surface area contributed by atoms with Crippen LogP contribution in [0.3, 0.4) is 0 Å². The molecule has 1 heterocycles. The zero-order chi connectivity index (χ0) is 12.1. The third-order valence-corrected chi connectivity index (χ3v) is 3.41. The lowest BCUT2D eigenvalue weighted by Gasteiger charge is -2.17. The molecule has 1 unspecified atom stereocenters. The fourth-order valence-corrected chi connectivity index (χ4v) is 2.36. The van der Waals surface area contributed by atoms with Gasteiger partial charge in [0.2, 0.25) is 0 Å². The third-order valence-electron chi connectivity index (χ3n) is 2.79. The molecule has 4 heteroatoms. The van der Waals surface area contributed by atoms with E-state index in [0.29, 0.717) is 6.61 Å². The molecule has 17 heavy (non-hydrogen) atoms. The first kappa shape index (κ1) is 12.9. The minimum Gasteiger partial charge on any atom is -0.486 e. The molecule has 1 atom stereocenters. The van der Waals surface area contributed by atoms with Crippen LogP contribution in [0.2, 0.25) is 0 Å². The molecule has 1 aliphatic rings. The molecule has 1 N–H and O–H groups in total. The molecule has 1 fully saturated rings. The molecule has 0 amide bonds. The zero-order valence-corrected chi connectivity index (χ0v) is 11.6. The van der Waals surface area contributed by atoms with Crippen LogP contribution >= 0.6 is 15.9 Å². The second kappa shape index (κ2) is 6.38. The SMILES string of the molecule is CCNCc1cccc(Br)c1OC1CCOC1. The summed E-state index contributed by atoms with van der Waals surface area (Å²) in [7, 11) is 0. The molecule has 94 valence electrons. The molecular formula is C13H18BrNO2. The molecule has 0 spiro atoms. The van der Waals surface area contributed by atoms with Crippen molar-refractivity contribution in [3.63, 3.8) is 0 Å². The highest BCUT2D eigenvalue weighted by atomic mass is 79.9. The number of halogens is 1. The van der Waals surface area contributed by atoms with E-state index < -0.39 is 0 Å². The highest BCUT2D eigenvalue weighted by Gasteiger charge is 2.19. The van der Waals surface area contributed by atoms with Gasteiger partial charge in [-0.05, 0) is 28.5 Å². The maximum absolute atomic E-state index is 6.02. The van der Waals surface area contributed by atoms with Gasteiger partial charge in [0, 0.05) is 18.5 Å². The van der Waals surface area contributed by atoms with Crippen molar-refractivity contribution in [1.29, 1.82) is 0 Å². The Morgan fingerprint density at radius 3 is 3.12 bits per heavy atom. The van der Waals surface area contributed by atoms with Crippen molar-refractivity contribution in [2.24, 2.45) is 0 Å². The number of benzene rings is 1. The second-order valence-electron chi connectivity index (χ2n) is 4.11. The van der Waals surface area contributed by atoms with Gasteiger partial charge in [0.25, 0.3) is 0 Å². The smallest absolute Gasteiger partial charge is 0.138 e. The van der Waals surface area contributed by atoms with Crippen LogP contribution in [0.1, 0.15) is 18.9 Å². The summed E-state index contributed by atoms with van der Waals surface area (Å²) in [6, 6.07) is 6.15. The average molecular weight is 300 g/mol. The van der Waals surface area contributed by atoms with Crippen LogP contribution in [0.25, 0.3) is 0 Å². The Morgan fingerprint density at radius 2 is 2.41 bits per heavy atom. The normalized spacial score (nSPS) is 19.5. The fourth-order valence-electron chi connectivity index (χ4n) is 1.86. The second-order valence-corrected chi connectivity index (χ2v) is 4.97. The van der Waals surface area contributed by atoms with Crippen LogP contribution in [0.5, 0.6) is 5.75 Å². The van der Waals surface area contributed by atoms with Crippen LogP contribution in [0.15, 0.2) is 22.7 Å². The highest BCUT2D eigenvalue weighted by Crippen LogP contribution is 2.31. The van der Waals surface area contributed by atoms with Crippen molar-refractivity contribution in [2.45, 2.75) is 26.0 Å².